The van der Waals surface area contributed by atoms with Crippen molar-refractivity contribution in [2.24, 2.45) is 29.4 Å². The van der Waals surface area contributed by atoms with Crippen LogP contribution in [-0.2, 0) is 9.59 Å². The van der Waals surface area contributed by atoms with Crippen LogP contribution < -0.4 is 5.73 Å². The van der Waals surface area contributed by atoms with E-state index < -0.39 is 5.54 Å². The Hall–Kier alpha value is -0.960. The SMILES string of the molecule is CC1(N)C(=O)C2C3C=CC(C3)C2C1=O. The maximum atomic E-state index is 11.9. The first kappa shape index (κ1) is 8.36. The van der Waals surface area contributed by atoms with Gasteiger partial charge in [-0.05, 0) is 25.2 Å². The summed E-state index contributed by atoms with van der Waals surface area (Å²) in [5, 5.41) is 0. The van der Waals surface area contributed by atoms with E-state index in [1.54, 1.807) is 6.92 Å². The first-order chi connectivity index (χ1) is 6.53. The van der Waals surface area contributed by atoms with Crippen LogP contribution in [0.1, 0.15) is 13.3 Å². The molecule has 14 heavy (non-hydrogen) atoms. The summed E-state index contributed by atoms with van der Waals surface area (Å²) < 4.78 is 0. The largest absolute Gasteiger partial charge is 0.313 e. The average Bonchev–Trinajstić information content (AvgIpc) is 2.76. The highest BCUT2D eigenvalue weighted by atomic mass is 16.2. The molecule has 74 valence electrons. The van der Waals surface area contributed by atoms with Crippen molar-refractivity contribution in [3.05, 3.63) is 12.2 Å². The summed E-state index contributed by atoms with van der Waals surface area (Å²) in [6.45, 7) is 1.56. The van der Waals surface area contributed by atoms with Crippen LogP contribution in [0.4, 0.5) is 0 Å². The van der Waals surface area contributed by atoms with E-state index in [1.165, 1.54) is 0 Å². The lowest BCUT2D eigenvalue weighted by Gasteiger charge is -2.16. The van der Waals surface area contributed by atoms with E-state index in [9.17, 15) is 9.59 Å². The van der Waals surface area contributed by atoms with E-state index in [0.29, 0.717) is 0 Å². The number of carbonyl (C=O) groups excluding carboxylic acids is 2. The van der Waals surface area contributed by atoms with Crippen LogP contribution in [0.3, 0.4) is 0 Å². The molecule has 0 aliphatic heterocycles. The molecule has 0 saturated heterocycles. The second-order valence-electron chi connectivity index (χ2n) is 4.93. The van der Waals surface area contributed by atoms with E-state index in [-0.39, 0.29) is 35.2 Å². The molecule has 3 rings (SSSR count). The highest BCUT2D eigenvalue weighted by molar-refractivity contribution is 6.19. The second kappa shape index (κ2) is 2.16. The number of allylic oxidation sites excluding steroid dienone is 2. The molecule has 0 aromatic carbocycles. The number of hydrogen-bond acceptors (Lipinski definition) is 3. The number of carbonyl (C=O) groups is 2. The van der Waals surface area contributed by atoms with Gasteiger partial charge in [-0.1, -0.05) is 12.2 Å². The molecule has 0 amide bonds. The van der Waals surface area contributed by atoms with Gasteiger partial charge in [0.05, 0.1) is 0 Å². The predicted molar refractivity (Wildman–Crippen MR) is 50.3 cm³/mol. The Bertz CT molecular complexity index is 337. The summed E-state index contributed by atoms with van der Waals surface area (Å²) in [5.74, 6) is 0.285. The molecular formula is C11H13NO2. The standard InChI is InChI=1S/C11H13NO2/c1-11(12)9(13)7-5-2-3-6(4-5)8(7)10(11)14/h2-3,5-8H,4,12H2,1H3. The van der Waals surface area contributed by atoms with Crippen LogP contribution >= 0.6 is 0 Å². The van der Waals surface area contributed by atoms with E-state index in [4.69, 9.17) is 5.73 Å². The van der Waals surface area contributed by atoms with Gasteiger partial charge < -0.3 is 5.73 Å². The Kier molecular flexibility index (Phi) is 1.29. The van der Waals surface area contributed by atoms with Gasteiger partial charge in [0.25, 0.3) is 0 Å². The topological polar surface area (TPSA) is 60.2 Å². The van der Waals surface area contributed by atoms with Crippen LogP contribution in [0.5, 0.6) is 0 Å². The van der Waals surface area contributed by atoms with Crippen LogP contribution in [0.25, 0.3) is 0 Å². The maximum absolute atomic E-state index is 11.9. The molecule has 4 atom stereocenters. The van der Waals surface area contributed by atoms with E-state index in [1.807, 2.05) is 0 Å². The van der Waals surface area contributed by atoms with Crippen molar-refractivity contribution < 1.29 is 9.59 Å². The number of hydrogen-bond donors (Lipinski definition) is 1. The zero-order chi connectivity index (χ0) is 10.1. The fraction of sp³-hybridized carbons (Fsp3) is 0.636. The van der Waals surface area contributed by atoms with Gasteiger partial charge in [-0.2, -0.15) is 0 Å². The third-order valence-electron chi connectivity index (χ3n) is 4.09. The van der Waals surface area contributed by atoms with Gasteiger partial charge >= 0.3 is 0 Å². The minimum atomic E-state index is -1.21. The van der Waals surface area contributed by atoms with Crippen LogP contribution in [0.2, 0.25) is 0 Å². The maximum Gasteiger partial charge on any atom is 0.164 e. The Morgan fingerprint density at radius 3 is 2.07 bits per heavy atom. The van der Waals surface area contributed by atoms with Gasteiger partial charge in [-0.3, -0.25) is 9.59 Å². The van der Waals surface area contributed by atoms with Crippen molar-refractivity contribution in [2.45, 2.75) is 18.9 Å². The van der Waals surface area contributed by atoms with E-state index in [2.05, 4.69) is 12.2 Å². The number of fused-ring (bicyclic) bond motifs is 5. The molecular weight excluding hydrogens is 178 g/mol. The molecule has 0 spiro atoms. The minimum absolute atomic E-state index is 0.0376. The Morgan fingerprint density at radius 1 is 1.21 bits per heavy atom. The molecule has 2 N–H and O–H groups in total. The lowest BCUT2D eigenvalue weighted by Crippen LogP contribution is -2.49. The molecule has 2 bridgehead atoms. The summed E-state index contributed by atoms with van der Waals surface area (Å²) in [7, 11) is 0. The predicted octanol–water partition coefficient (Wildman–Crippen LogP) is 0.294. The van der Waals surface area contributed by atoms with Gasteiger partial charge in [0, 0.05) is 11.8 Å². The van der Waals surface area contributed by atoms with Crippen molar-refractivity contribution in [1.29, 1.82) is 0 Å². The lowest BCUT2D eigenvalue weighted by molar-refractivity contribution is -0.130. The Morgan fingerprint density at radius 2 is 1.64 bits per heavy atom. The lowest BCUT2D eigenvalue weighted by atomic mass is 9.85. The molecule has 2 saturated carbocycles. The third kappa shape index (κ3) is 0.694. The fourth-order valence-corrected chi connectivity index (χ4v) is 3.35. The first-order valence-corrected chi connectivity index (χ1v) is 5.09. The molecule has 3 aliphatic carbocycles. The zero-order valence-electron chi connectivity index (χ0n) is 8.07. The molecule has 2 fully saturated rings. The summed E-state index contributed by atoms with van der Waals surface area (Å²) in [4.78, 5) is 23.9. The number of rotatable bonds is 0. The minimum Gasteiger partial charge on any atom is -0.313 e. The molecule has 0 radical (unpaired) electrons. The average molecular weight is 191 g/mol. The highest BCUT2D eigenvalue weighted by Gasteiger charge is 2.63. The highest BCUT2D eigenvalue weighted by Crippen LogP contribution is 2.54. The third-order valence-corrected chi connectivity index (χ3v) is 4.09. The summed E-state index contributed by atoms with van der Waals surface area (Å²) in [6.07, 6.45) is 5.14. The molecule has 3 nitrogen and oxygen atoms in total. The zero-order valence-corrected chi connectivity index (χ0v) is 8.07. The summed E-state index contributed by atoms with van der Waals surface area (Å²) in [5.41, 5.74) is 4.57. The normalized spacial score (nSPS) is 54.4. The molecule has 3 heteroatoms. The Labute approximate surface area is 82.3 Å². The van der Waals surface area contributed by atoms with Gasteiger partial charge in [0.15, 0.2) is 11.6 Å². The summed E-state index contributed by atoms with van der Waals surface area (Å²) >= 11 is 0. The second-order valence-corrected chi connectivity index (χ2v) is 4.93. The number of Topliss-reactive ketones (excluding diaryl/α,β-unsaturated/α-hetero) is 2. The van der Waals surface area contributed by atoms with E-state index in [0.717, 1.165) is 6.42 Å². The molecule has 0 aromatic rings. The Balaban J connectivity index is 2.11. The van der Waals surface area contributed by atoms with Crippen LogP contribution in [0.15, 0.2) is 12.2 Å². The van der Waals surface area contributed by atoms with Gasteiger partial charge in [-0.15, -0.1) is 0 Å². The fourth-order valence-electron chi connectivity index (χ4n) is 3.35. The van der Waals surface area contributed by atoms with Crippen LogP contribution in [0, 0.1) is 23.7 Å². The molecule has 3 aliphatic rings. The first-order valence-electron chi connectivity index (χ1n) is 5.09. The van der Waals surface area contributed by atoms with Gasteiger partial charge in [-0.25, -0.2) is 0 Å². The van der Waals surface area contributed by atoms with Crippen molar-refractivity contribution in [1.82, 2.24) is 0 Å². The van der Waals surface area contributed by atoms with Crippen molar-refractivity contribution in [3.8, 4) is 0 Å². The molecule has 0 heterocycles. The molecule has 4 unspecified atom stereocenters. The smallest absolute Gasteiger partial charge is 0.164 e. The number of ketones is 2. The number of nitrogens with two attached hydrogens (primary N) is 1. The van der Waals surface area contributed by atoms with Gasteiger partial charge in [0.2, 0.25) is 0 Å². The summed E-state index contributed by atoms with van der Waals surface area (Å²) in [6, 6.07) is 0. The van der Waals surface area contributed by atoms with Crippen molar-refractivity contribution in [3.63, 3.8) is 0 Å². The van der Waals surface area contributed by atoms with Crippen molar-refractivity contribution >= 4 is 11.6 Å². The van der Waals surface area contributed by atoms with Crippen molar-refractivity contribution in [2.75, 3.05) is 0 Å². The molecule has 0 aromatic heterocycles. The van der Waals surface area contributed by atoms with Crippen LogP contribution in [-0.4, -0.2) is 17.1 Å². The van der Waals surface area contributed by atoms with Gasteiger partial charge in [0.1, 0.15) is 5.54 Å². The van der Waals surface area contributed by atoms with E-state index >= 15 is 0 Å². The monoisotopic (exact) mass is 191 g/mol. The quantitative estimate of drug-likeness (QED) is 0.442.